The molecule has 1 amide bonds. The number of aryl methyl sites for hydroxylation is 1. The number of nitrogens with one attached hydrogen (secondary N) is 1. The molecule has 24 heavy (non-hydrogen) atoms. The van der Waals surface area contributed by atoms with E-state index in [1.807, 2.05) is 30.9 Å². The molecule has 0 spiro atoms. The molecule has 1 fully saturated rings. The molecule has 134 valence electrons. The second-order valence-corrected chi connectivity index (χ2v) is 6.15. The van der Waals surface area contributed by atoms with Gasteiger partial charge in [0, 0.05) is 37.9 Å². The smallest absolute Gasteiger partial charge is 0.244 e. The Balaban J connectivity index is 2.04. The van der Waals surface area contributed by atoms with Gasteiger partial charge in [-0.2, -0.15) is 0 Å². The van der Waals surface area contributed by atoms with Crippen LogP contribution in [0.3, 0.4) is 0 Å². The quantitative estimate of drug-likeness (QED) is 0.861. The van der Waals surface area contributed by atoms with Crippen LogP contribution in [0.2, 0.25) is 0 Å². The molecule has 1 heterocycles. The molecule has 1 aromatic rings. The van der Waals surface area contributed by atoms with E-state index in [9.17, 15) is 4.79 Å². The molecule has 6 heteroatoms. The van der Waals surface area contributed by atoms with Crippen molar-refractivity contribution in [3.05, 3.63) is 17.7 Å². The zero-order valence-electron chi connectivity index (χ0n) is 15.4. The van der Waals surface area contributed by atoms with Gasteiger partial charge < -0.3 is 24.6 Å². The van der Waals surface area contributed by atoms with Crippen LogP contribution in [0.4, 0.5) is 5.69 Å². The lowest BCUT2D eigenvalue weighted by Gasteiger charge is -2.35. The predicted octanol–water partition coefficient (Wildman–Crippen LogP) is 1.98. The molecule has 1 N–H and O–H groups in total. The Morgan fingerprint density at radius 1 is 1.17 bits per heavy atom. The molecule has 1 aliphatic rings. The van der Waals surface area contributed by atoms with Crippen LogP contribution in [0.15, 0.2) is 12.1 Å². The summed E-state index contributed by atoms with van der Waals surface area (Å²) in [6.07, 6.45) is 0. The van der Waals surface area contributed by atoms with Crippen LogP contribution >= 0.6 is 0 Å². The fourth-order valence-electron chi connectivity index (χ4n) is 2.99. The van der Waals surface area contributed by atoms with Crippen molar-refractivity contribution in [2.75, 3.05) is 52.3 Å². The number of benzene rings is 1. The fraction of sp³-hybridized carbons (Fsp3) is 0.611. The Labute approximate surface area is 144 Å². The number of nitrogens with zero attached hydrogens (tertiary/aromatic N) is 2. The SMILES string of the molecule is CCN1CCN(C(=O)[C@@H](C)Nc2cc(OC)c(OC)cc2C)CC1. The third kappa shape index (κ3) is 4.12. The lowest BCUT2D eigenvalue weighted by atomic mass is 10.1. The molecule has 0 saturated carbocycles. The molecule has 0 aromatic heterocycles. The van der Waals surface area contributed by atoms with Crippen LogP contribution in [-0.4, -0.2) is 68.7 Å². The maximum atomic E-state index is 12.7. The van der Waals surface area contributed by atoms with E-state index in [0.717, 1.165) is 44.0 Å². The van der Waals surface area contributed by atoms with Gasteiger partial charge in [0.1, 0.15) is 6.04 Å². The lowest BCUT2D eigenvalue weighted by Crippen LogP contribution is -2.52. The summed E-state index contributed by atoms with van der Waals surface area (Å²) in [5.41, 5.74) is 1.91. The Bertz CT molecular complexity index is 569. The van der Waals surface area contributed by atoms with Crippen LogP contribution in [-0.2, 0) is 4.79 Å². The summed E-state index contributed by atoms with van der Waals surface area (Å²) in [7, 11) is 3.23. The number of likely N-dealkylation sites (N-methyl/N-ethyl adjacent to an activating group) is 1. The van der Waals surface area contributed by atoms with Crippen molar-refractivity contribution in [2.45, 2.75) is 26.8 Å². The minimum atomic E-state index is -0.282. The van der Waals surface area contributed by atoms with Crippen LogP contribution < -0.4 is 14.8 Å². The van der Waals surface area contributed by atoms with Crippen LogP contribution in [0, 0.1) is 6.92 Å². The van der Waals surface area contributed by atoms with Crippen molar-refractivity contribution < 1.29 is 14.3 Å². The van der Waals surface area contributed by atoms with Gasteiger partial charge in [0.05, 0.1) is 14.2 Å². The molecule has 1 atom stereocenters. The summed E-state index contributed by atoms with van der Waals surface area (Å²) in [6, 6.07) is 3.51. The Morgan fingerprint density at radius 2 is 1.75 bits per heavy atom. The van der Waals surface area contributed by atoms with Gasteiger partial charge in [0.15, 0.2) is 11.5 Å². The Hall–Kier alpha value is -1.95. The van der Waals surface area contributed by atoms with E-state index in [0.29, 0.717) is 11.5 Å². The summed E-state index contributed by atoms with van der Waals surface area (Å²) in [4.78, 5) is 17.0. The standard InChI is InChI=1S/C18H29N3O3/c1-6-20-7-9-21(10-8-20)18(22)14(3)19-15-12-17(24-5)16(23-4)11-13(15)2/h11-12,14,19H,6-10H2,1-5H3/t14-/m1/s1. The summed E-state index contributed by atoms with van der Waals surface area (Å²) in [5, 5.41) is 3.32. The second kappa shape index (κ2) is 8.24. The maximum Gasteiger partial charge on any atom is 0.244 e. The number of carbonyl (C=O) groups is 1. The number of anilines is 1. The first-order valence-corrected chi connectivity index (χ1v) is 8.50. The van der Waals surface area contributed by atoms with Gasteiger partial charge in [-0.05, 0) is 32.0 Å². The van der Waals surface area contributed by atoms with Gasteiger partial charge in [-0.1, -0.05) is 6.92 Å². The molecular formula is C18H29N3O3. The highest BCUT2D eigenvalue weighted by Gasteiger charge is 2.24. The summed E-state index contributed by atoms with van der Waals surface area (Å²) in [6.45, 7) is 10.6. The maximum absolute atomic E-state index is 12.7. The molecular weight excluding hydrogens is 306 g/mol. The molecule has 2 rings (SSSR count). The van der Waals surface area contributed by atoms with E-state index in [1.165, 1.54) is 0 Å². The van der Waals surface area contributed by atoms with Crippen molar-refractivity contribution in [1.82, 2.24) is 9.80 Å². The van der Waals surface area contributed by atoms with Gasteiger partial charge in [-0.15, -0.1) is 0 Å². The van der Waals surface area contributed by atoms with E-state index in [-0.39, 0.29) is 11.9 Å². The summed E-state index contributed by atoms with van der Waals surface area (Å²) >= 11 is 0. The van der Waals surface area contributed by atoms with Crippen molar-refractivity contribution in [2.24, 2.45) is 0 Å². The summed E-state index contributed by atoms with van der Waals surface area (Å²) in [5.74, 6) is 1.48. The number of carbonyl (C=O) groups excluding carboxylic acids is 1. The third-order valence-corrected chi connectivity index (χ3v) is 4.60. The highest BCUT2D eigenvalue weighted by Crippen LogP contribution is 2.33. The third-order valence-electron chi connectivity index (χ3n) is 4.60. The van der Waals surface area contributed by atoms with Crippen LogP contribution in [0.25, 0.3) is 0 Å². The highest BCUT2D eigenvalue weighted by molar-refractivity contribution is 5.85. The van der Waals surface area contributed by atoms with Gasteiger partial charge in [0.25, 0.3) is 0 Å². The lowest BCUT2D eigenvalue weighted by molar-refractivity contribution is -0.133. The van der Waals surface area contributed by atoms with E-state index in [1.54, 1.807) is 14.2 Å². The molecule has 1 aromatic carbocycles. The number of rotatable bonds is 6. The largest absolute Gasteiger partial charge is 0.493 e. The molecule has 1 aliphatic heterocycles. The van der Waals surface area contributed by atoms with Gasteiger partial charge in [-0.3, -0.25) is 4.79 Å². The Kier molecular flexibility index (Phi) is 6.31. The van der Waals surface area contributed by atoms with Gasteiger partial charge in [0.2, 0.25) is 5.91 Å². The number of methoxy groups -OCH3 is 2. The molecule has 6 nitrogen and oxygen atoms in total. The first kappa shape index (κ1) is 18.4. The number of amides is 1. The zero-order chi connectivity index (χ0) is 17.7. The molecule has 0 unspecified atom stereocenters. The minimum absolute atomic E-state index is 0.139. The average Bonchev–Trinajstić information content (AvgIpc) is 2.62. The van der Waals surface area contributed by atoms with Crippen molar-refractivity contribution in [1.29, 1.82) is 0 Å². The molecule has 0 aliphatic carbocycles. The van der Waals surface area contributed by atoms with Crippen molar-refractivity contribution in [3.8, 4) is 11.5 Å². The number of hydrogen-bond donors (Lipinski definition) is 1. The molecule has 1 saturated heterocycles. The van der Waals surface area contributed by atoms with Crippen LogP contribution in [0.5, 0.6) is 11.5 Å². The van der Waals surface area contributed by atoms with Crippen molar-refractivity contribution in [3.63, 3.8) is 0 Å². The second-order valence-electron chi connectivity index (χ2n) is 6.15. The van der Waals surface area contributed by atoms with E-state index < -0.39 is 0 Å². The Morgan fingerprint density at radius 3 is 2.29 bits per heavy atom. The fourth-order valence-corrected chi connectivity index (χ4v) is 2.99. The summed E-state index contributed by atoms with van der Waals surface area (Å²) < 4.78 is 10.7. The van der Waals surface area contributed by atoms with E-state index in [4.69, 9.17) is 9.47 Å². The average molecular weight is 335 g/mol. The molecule has 0 radical (unpaired) electrons. The van der Waals surface area contributed by atoms with Crippen LogP contribution in [0.1, 0.15) is 19.4 Å². The number of ether oxygens (including phenoxy) is 2. The highest BCUT2D eigenvalue weighted by atomic mass is 16.5. The number of hydrogen-bond acceptors (Lipinski definition) is 5. The number of piperazine rings is 1. The van der Waals surface area contributed by atoms with Crippen molar-refractivity contribution >= 4 is 11.6 Å². The van der Waals surface area contributed by atoms with E-state index >= 15 is 0 Å². The topological polar surface area (TPSA) is 54.0 Å². The van der Waals surface area contributed by atoms with Gasteiger partial charge >= 0.3 is 0 Å². The first-order valence-electron chi connectivity index (χ1n) is 8.50. The van der Waals surface area contributed by atoms with Gasteiger partial charge in [-0.25, -0.2) is 0 Å². The normalized spacial score (nSPS) is 16.6. The molecule has 0 bridgehead atoms. The monoisotopic (exact) mass is 335 g/mol. The first-order chi connectivity index (χ1) is 11.5. The van der Waals surface area contributed by atoms with E-state index in [2.05, 4.69) is 17.1 Å². The predicted molar refractivity (Wildman–Crippen MR) is 96.1 cm³/mol. The minimum Gasteiger partial charge on any atom is -0.493 e. The zero-order valence-corrected chi connectivity index (χ0v) is 15.4.